The zero-order valence-electron chi connectivity index (χ0n) is 24.2. The number of fused-ring (bicyclic) bond motifs is 9. The van der Waals surface area contributed by atoms with Gasteiger partial charge in [-0.3, -0.25) is 0 Å². The van der Waals surface area contributed by atoms with Crippen LogP contribution in [0.3, 0.4) is 0 Å². The van der Waals surface area contributed by atoms with Gasteiger partial charge >= 0.3 is 0 Å². The van der Waals surface area contributed by atoms with Crippen molar-refractivity contribution in [2.45, 2.75) is 0 Å². The quantitative estimate of drug-likeness (QED) is 0.210. The molecule has 10 rings (SSSR count). The van der Waals surface area contributed by atoms with Gasteiger partial charge in [0.1, 0.15) is 5.58 Å². The number of rotatable bonds is 3. The van der Waals surface area contributed by atoms with Gasteiger partial charge in [-0.05, 0) is 60.2 Å². The summed E-state index contributed by atoms with van der Waals surface area (Å²) in [6, 6.07) is 52.1. The Hall–Kier alpha value is -6.13. The Morgan fingerprint density at radius 2 is 0.889 bits per heavy atom. The molecule has 0 spiro atoms. The fourth-order valence-electron chi connectivity index (χ4n) is 7.27. The summed E-state index contributed by atoms with van der Waals surface area (Å²) in [5.74, 6) is 0. The summed E-state index contributed by atoms with van der Waals surface area (Å²) < 4.78 is 11.2. The maximum atomic E-state index is 6.46. The first-order valence-corrected chi connectivity index (χ1v) is 15.2. The molecule has 0 amide bonds. The minimum absolute atomic E-state index is 0.654. The molecule has 0 aliphatic rings. The predicted octanol–water partition coefficient (Wildman–Crippen LogP) is 10.8. The second-order valence-corrected chi connectivity index (χ2v) is 11.6. The second-order valence-electron chi connectivity index (χ2n) is 11.6. The molecule has 4 nitrogen and oxygen atoms in total. The third-order valence-corrected chi connectivity index (χ3v) is 9.17. The van der Waals surface area contributed by atoms with Crippen molar-refractivity contribution in [1.82, 2.24) is 14.1 Å². The highest BCUT2D eigenvalue weighted by Crippen LogP contribution is 2.40. The molecule has 0 saturated heterocycles. The number of hydrogen-bond acceptors (Lipinski definition) is 2. The van der Waals surface area contributed by atoms with E-state index >= 15 is 0 Å². The number of nitrogens with zero attached hydrogens (tertiary/aromatic N) is 3. The molecule has 0 aliphatic heterocycles. The maximum Gasteiger partial charge on any atom is 0.227 e. The Balaban J connectivity index is 1.35. The van der Waals surface area contributed by atoms with Crippen molar-refractivity contribution >= 4 is 65.7 Å². The lowest BCUT2D eigenvalue weighted by molar-refractivity contribution is 0.655. The number of hydrogen-bond donors (Lipinski definition) is 0. The van der Waals surface area contributed by atoms with Crippen molar-refractivity contribution < 1.29 is 4.42 Å². The number of aromatic nitrogens is 3. The molecule has 0 bridgehead atoms. The highest BCUT2D eigenvalue weighted by atomic mass is 16.3. The average Bonchev–Trinajstić information content (AvgIpc) is 3.76. The van der Waals surface area contributed by atoms with Crippen LogP contribution in [0, 0.1) is 0 Å². The summed E-state index contributed by atoms with van der Waals surface area (Å²) in [7, 11) is 0. The summed E-state index contributed by atoms with van der Waals surface area (Å²) in [6.45, 7) is 0. The van der Waals surface area contributed by atoms with Crippen molar-refractivity contribution in [3.63, 3.8) is 0 Å². The van der Waals surface area contributed by atoms with Crippen LogP contribution < -0.4 is 0 Å². The van der Waals surface area contributed by atoms with Crippen molar-refractivity contribution in [2.24, 2.45) is 0 Å². The van der Waals surface area contributed by atoms with Gasteiger partial charge in [-0.2, -0.15) is 0 Å². The van der Waals surface area contributed by atoms with E-state index < -0.39 is 0 Å². The monoisotopic (exact) mass is 575 g/mol. The normalized spacial score (nSPS) is 12.0. The number of furan rings is 1. The van der Waals surface area contributed by atoms with Gasteiger partial charge in [-0.15, -0.1) is 0 Å². The van der Waals surface area contributed by atoms with E-state index in [2.05, 4.69) is 154 Å². The van der Waals surface area contributed by atoms with Crippen LogP contribution in [0.25, 0.3) is 88.2 Å². The van der Waals surface area contributed by atoms with E-state index in [-0.39, 0.29) is 0 Å². The topological polar surface area (TPSA) is 35.9 Å². The predicted molar refractivity (Wildman–Crippen MR) is 186 cm³/mol. The van der Waals surface area contributed by atoms with Crippen LogP contribution in [0.1, 0.15) is 0 Å². The summed E-state index contributed by atoms with van der Waals surface area (Å²) in [5.41, 5.74) is 10.5. The van der Waals surface area contributed by atoms with Gasteiger partial charge in [-0.25, -0.2) is 4.98 Å². The first kappa shape index (κ1) is 24.3. The van der Waals surface area contributed by atoms with Crippen LogP contribution in [0.5, 0.6) is 0 Å². The second kappa shape index (κ2) is 9.18. The SMILES string of the molecule is c1cnc2oc3c(-c4cc(-n5c6ccccc6c6ccccc65)cc(-n5c6ccccc6c6ccccc65)c4)cccc3c2c1. The average molecular weight is 576 g/mol. The molecule has 0 N–H and O–H groups in total. The van der Waals surface area contributed by atoms with Crippen molar-refractivity contribution in [3.8, 4) is 22.5 Å². The van der Waals surface area contributed by atoms with Gasteiger partial charge in [-0.1, -0.05) is 91.0 Å². The first-order chi connectivity index (χ1) is 22.3. The Morgan fingerprint density at radius 3 is 1.42 bits per heavy atom. The Morgan fingerprint density at radius 1 is 0.422 bits per heavy atom. The fourth-order valence-corrected chi connectivity index (χ4v) is 7.27. The van der Waals surface area contributed by atoms with E-state index in [9.17, 15) is 0 Å². The van der Waals surface area contributed by atoms with Gasteiger partial charge < -0.3 is 13.6 Å². The molecule has 0 fully saturated rings. The molecule has 4 heteroatoms. The molecule has 0 aliphatic carbocycles. The number of benzene rings is 6. The van der Waals surface area contributed by atoms with Crippen LogP contribution in [0.15, 0.2) is 156 Å². The number of pyridine rings is 1. The summed E-state index contributed by atoms with van der Waals surface area (Å²) in [5, 5.41) is 7.04. The Kier molecular flexibility index (Phi) is 4.96. The van der Waals surface area contributed by atoms with Gasteiger partial charge in [0.15, 0.2) is 0 Å². The van der Waals surface area contributed by atoms with Crippen molar-refractivity contribution in [2.75, 3.05) is 0 Å². The third kappa shape index (κ3) is 3.45. The van der Waals surface area contributed by atoms with Gasteiger partial charge in [0.25, 0.3) is 0 Å². The number of para-hydroxylation sites is 5. The maximum absolute atomic E-state index is 6.46. The minimum atomic E-state index is 0.654. The van der Waals surface area contributed by atoms with Crippen LogP contribution >= 0.6 is 0 Å². The molecule has 4 heterocycles. The van der Waals surface area contributed by atoms with E-state index in [0.29, 0.717) is 5.71 Å². The summed E-state index contributed by atoms with van der Waals surface area (Å²) >= 11 is 0. The Labute approximate surface area is 258 Å². The van der Waals surface area contributed by atoms with E-state index in [1.165, 1.54) is 43.6 Å². The zero-order valence-corrected chi connectivity index (χ0v) is 24.2. The molecule has 0 saturated carbocycles. The Bertz CT molecular complexity index is 2540. The van der Waals surface area contributed by atoms with E-state index in [4.69, 9.17) is 4.42 Å². The molecule has 0 unspecified atom stereocenters. The minimum Gasteiger partial charge on any atom is -0.437 e. The summed E-state index contributed by atoms with van der Waals surface area (Å²) in [6.07, 6.45) is 1.79. The molecular formula is C41H25N3O. The standard InChI is InChI=1S/C41H25N3O/c1-5-18-36-30(11-1)31-12-2-6-19-37(31)43(36)27-23-26(29-15-9-16-34-35-17-10-22-42-41(35)45-40(29)34)24-28(25-27)44-38-20-7-3-13-32(38)33-14-4-8-21-39(33)44/h1-25H. The van der Waals surface area contributed by atoms with Crippen LogP contribution in [0.4, 0.5) is 0 Å². The lowest BCUT2D eigenvalue weighted by atomic mass is 10.0. The lowest BCUT2D eigenvalue weighted by Crippen LogP contribution is -2.00. The highest BCUT2D eigenvalue weighted by molar-refractivity contribution is 6.12. The van der Waals surface area contributed by atoms with Gasteiger partial charge in [0.2, 0.25) is 5.71 Å². The van der Waals surface area contributed by atoms with Crippen LogP contribution in [-0.2, 0) is 0 Å². The largest absolute Gasteiger partial charge is 0.437 e. The van der Waals surface area contributed by atoms with Crippen molar-refractivity contribution in [3.05, 3.63) is 152 Å². The lowest BCUT2D eigenvalue weighted by Gasteiger charge is -2.16. The van der Waals surface area contributed by atoms with Crippen LogP contribution in [0.2, 0.25) is 0 Å². The zero-order chi connectivity index (χ0) is 29.5. The molecule has 45 heavy (non-hydrogen) atoms. The molecule has 0 radical (unpaired) electrons. The van der Waals surface area contributed by atoms with E-state index in [1.807, 2.05) is 6.07 Å². The first-order valence-electron chi connectivity index (χ1n) is 15.2. The molecule has 210 valence electrons. The smallest absolute Gasteiger partial charge is 0.227 e. The van der Waals surface area contributed by atoms with E-state index in [0.717, 1.165) is 38.9 Å². The molecule has 10 aromatic rings. The van der Waals surface area contributed by atoms with Gasteiger partial charge in [0.05, 0.1) is 22.1 Å². The van der Waals surface area contributed by atoms with E-state index in [1.54, 1.807) is 6.20 Å². The highest BCUT2D eigenvalue weighted by Gasteiger charge is 2.19. The van der Waals surface area contributed by atoms with Crippen LogP contribution in [-0.4, -0.2) is 14.1 Å². The fraction of sp³-hybridized carbons (Fsp3) is 0. The molecule has 4 aromatic heterocycles. The molecular weight excluding hydrogens is 550 g/mol. The summed E-state index contributed by atoms with van der Waals surface area (Å²) in [4.78, 5) is 4.53. The third-order valence-electron chi connectivity index (χ3n) is 9.17. The van der Waals surface area contributed by atoms with Gasteiger partial charge in [0, 0.05) is 55.5 Å². The molecule has 6 aromatic carbocycles. The molecule has 0 atom stereocenters. The van der Waals surface area contributed by atoms with Crippen molar-refractivity contribution in [1.29, 1.82) is 0 Å².